The highest BCUT2D eigenvalue weighted by Gasteiger charge is 2.10. The lowest BCUT2D eigenvalue weighted by molar-refractivity contribution is 0.389. The molecule has 90 valence electrons. The van der Waals surface area contributed by atoms with Gasteiger partial charge >= 0.3 is 0 Å². The van der Waals surface area contributed by atoms with Crippen molar-refractivity contribution >= 4 is 23.2 Å². The molecule has 0 aromatic heterocycles. The van der Waals surface area contributed by atoms with Gasteiger partial charge in [0.1, 0.15) is 0 Å². The molecule has 0 amide bonds. The van der Waals surface area contributed by atoms with E-state index in [9.17, 15) is 0 Å². The maximum atomic E-state index is 6.09. The number of hydrogen-bond acceptors (Lipinski definition) is 1. The van der Waals surface area contributed by atoms with Crippen molar-refractivity contribution < 1.29 is 0 Å². The van der Waals surface area contributed by atoms with E-state index in [1.165, 1.54) is 6.42 Å². The van der Waals surface area contributed by atoms with Crippen molar-refractivity contribution in [1.82, 2.24) is 5.32 Å². The Hall–Kier alpha value is -0.240. The third-order valence-electron chi connectivity index (χ3n) is 3.12. The number of rotatable bonds is 5. The van der Waals surface area contributed by atoms with Gasteiger partial charge in [-0.3, -0.25) is 0 Å². The summed E-state index contributed by atoms with van der Waals surface area (Å²) < 4.78 is 0. The molecule has 3 heteroatoms. The lowest BCUT2D eigenvalue weighted by atomic mass is 10.0. The molecule has 1 aromatic rings. The molecule has 0 aliphatic carbocycles. The van der Waals surface area contributed by atoms with E-state index >= 15 is 0 Å². The van der Waals surface area contributed by atoms with Crippen molar-refractivity contribution in [2.24, 2.45) is 5.92 Å². The summed E-state index contributed by atoms with van der Waals surface area (Å²) in [5.41, 5.74) is 1.06. The van der Waals surface area contributed by atoms with Crippen molar-refractivity contribution in [3.63, 3.8) is 0 Å². The quantitative estimate of drug-likeness (QED) is 0.820. The van der Waals surface area contributed by atoms with E-state index in [2.05, 4.69) is 26.1 Å². The summed E-state index contributed by atoms with van der Waals surface area (Å²) in [5, 5.41) is 4.98. The summed E-state index contributed by atoms with van der Waals surface area (Å²) in [5.74, 6) is 0.665. The number of nitrogens with one attached hydrogen (secondary N) is 1. The monoisotopic (exact) mass is 259 g/mol. The van der Waals surface area contributed by atoms with Crippen LogP contribution in [0, 0.1) is 5.92 Å². The van der Waals surface area contributed by atoms with E-state index < -0.39 is 0 Å². The second kappa shape index (κ2) is 6.48. The van der Waals surface area contributed by atoms with E-state index in [0.717, 1.165) is 22.2 Å². The molecule has 1 nitrogen and oxygen atoms in total. The first-order valence-electron chi connectivity index (χ1n) is 5.72. The predicted molar refractivity (Wildman–Crippen MR) is 72.2 cm³/mol. The fraction of sp³-hybridized carbons (Fsp3) is 0.538. The average Bonchev–Trinajstić information content (AvgIpc) is 2.28. The molecule has 0 heterocycles. The minimum absolute atomic E-state index is 0.486. The van der Waals surface area contributed by atoms with E-state index in [-0.39, 0.29) is 0 Å². The summed E-state index contributed by atoms with van der Waals surface area (Å²) in [6, 6.07) is 6.06. The molecule has 1 N–H and O–H groups in total. The second-order valence-electron chi connectivity index (χ2n) is 4.29. The third kappa shape index (κ3) is 3.97. The minimum atomic E-state index is 0.486. The zero-order valence-electron chi connectivity index (χ0n) is 10.1. The molecule has 0 aliphatic heterocycles. The smallest absolute Gasteiger partial charge is 0.0451 e. The van der Waals surface area contributed by atoms with Crippen molar-refractivity contribution in [1.29, 1.82) is 0 Å². The van der Waals surface area contributed by atoms with E-state index in [0.29, 0.717) is 12.0 Å². The second-order valence-corrected chi connectivity index (χ2v) is 5.13. The Morgan fingerprint density at radius 2 is 1.94 bits per heavy atom. The fourth-order valence-corrected chi connectivity index (χ4v) is 1.88. The normalized spacial score (nSPS) is 14.8. The molecular formula is C13H19Cl2N. The summed E-state index contributed by atoms with van der Waals surface area (Å²) in [4.78, 5) is 0. The van der Waals surface area contributed by atoms with Crippen LogP contribution in [0.4, 0.5) is 0 Å². The molecule has 0 saturated heterocycles. The molecule has 0 bridgehead atoms. The minimum Gasteiger partial charge on any atom is -0.310 e. The van der Waals surface area contributed by atoms with E-state index in [1.807, 2.05) is 18.2 Å². The molecule has 0 spiro atoms. The van der Waals surface area contributed by atoms with Crippen LogP contribution in [0.3, 0.4) is 0 Å². The highest BCUT2D eigenvalue weighted by atomic mass is 35.5. The maximum absolute atomic E-state index is 6.09. The number of benzene rings is 1. The first-order valence-corrected chi connectivity index (χ1v) is 6.47. The Labute approximate surface area is 108 Å². The molecule has 0 aliphatic rings. The van der Waals surface area contributed by atoms with Crippen LogP contribution in [-0.2, 0) is 6.54 Å². The van der Waals surface area contributed by atoms with Gasteiger partial charge in [-0.15, -0.1) is 0 Å². The largest absolute Gasteiger partial charge is 0.310 e. The van der Waals surface area contributed by atoms with Gasteiger partial charge in [0.2, 0.25) is 0 Å². The van der Waals surface area contributed by atoms with Gasteiger partial charge in [0.25, 0.3) is 0 Å². The summed E-state index contributed by atoms with van der Waals surface area (Å²) >= 11 is 12.0. The molecule has 0 saturated carbocycles. The van der Waals surface area contributed by atoms with Crippen molar-refractivity contribution in [2.75, 3.05) is 0 Å². The summed E-state index contributed by atoms with van der Waals surface area (Å²) in [7, 11) is 0. The zero-order valence-corrected chi connectivity index (χ0v) is 11.6. The first kappa shape index (κ1) is 13.8. The van der Waals surface area contributed by atoms with Crippen molar-refractivity contribution in [2.45, 2.75) is 39.8 Å². The van der Waals surface area contributed by atoms with Gasteiger partial charge < -0.3 is 5.32 Å². The number of halogens is 2. The molecule has 2 atom stereocenters. The summed E-state index contributed by atoms with van der Waals surface area (Å²) in [6.45, 7) is 7.42. The van der Waals surface area contributed by atoms with E-state index in [4.69, 9.17) is 23.2 Å². The Morgan fingerprint density at radius 3 is 2.56 bits per heavy atom. The van der Waals surface area contributed by atoms with Crippen LogP contribution >= 0.6 is 23.2 Å². The van der Waals surface area contributed by atoms with E-state index in [1.54, 1.807) is 0 Å². The first-order chi connectivity index (χ1) is 7.54. The van der Waals surface area contributed by atoms with Crippen LogP contribution in [0.1, 0.15) is 32.8 Å². The van der Waals surface area contributed by atoms with Gasteiger partial charge in [0.05, 0.1) is 0 Å². The highest BCUT2D eigenvalue weighted by molar-refractivity contribution is 6.33. The molecule has 1 rings (SSSR count). The lowest BCUT2D eigenvalue weighted by Gasteiger charge is -2.20. The zero-order chi connectivity index (χ0) is 12.1. The summed E-state index contributed by atoms with van der Waals surface area (Å²) in [6.07, 6.45) is 1.18. The highest BCUT2D eigenvalue weighted by Crippen LogP contribution is 2.20. The molecule has 1 aromatic carbocycles. The number of hydrogen-bond donors (Lipinski definition) is 1. The Bertz CT molecular complexity index is 339. The Morgan fingerprint density at radius 1 is 1.25 bits per heavy atom. The maximum Gasteiger partial charge on any atom is 0.0451 e. The standard InChI is InChI=1S/C13H19Cl2N/c1-4-9(2)10(3)16-8-11-7-12(14)5-6-13(11)15/h5-7,9-10,16H,4,8H2,1-3H3. The SMILES string of the molecule is CCC(C)C(C)NCc1cc(Cl)ccc1Cl. The molecular weight excluding hydrogens is 241 g/mol. The van der Waals surface area contributed by atoms with Crippen LogP contribution in [0.5, 0.6) is 0 Å². The van der Waals surface area contributed by atoms with Crippen molar-refractivity contribution in [3.05, 3.63) is 33.8 Å². The van der Waals surface area contributed by atoms with Crippen LogP contribution in [0.15, 0.2) is 18.2 Å². The molecule has 16 heavy (non-hydrogen) atoms. The lowest BCUT2D eigenvalue weighted by Crippen LogP contribution is -2.31. The molecule has 2 unspecified atom stereocenters. The Balaban J connectivity index is 2.57. The van der Waals surface area contributed by atoms with Gasteiger partial charge in [-0.25, -0.2) is 0 Å². The predicted octanol–water partition coefficient (Wildman–Crippen LogP) is 4.52. The third-order valence-corrected chi connectivity index (χ3v) is 3.72. The van der Waals surface area contributed by atoms with Gasteiger partial charge in [0, 0.05) is 22.6 Å². The topological polar surface area (TPSA) is 12.0 Å². The van der Waals surface area contributed by atoms with Crippen LogP contribution in [0.25, 0.3) is 0 Å². The Kier molecular flexibility index (Phi) is 5.60. The van der Waals surface area contributed by atoms with Gasteiger partial charge in [-0.05, 0) is 36.6 Å². The van der Waals surface area contributed by atoms with Crippen LogP contribution < -0.4 is 5.32 Å². The van der Waals surface area contributed by atoms with Gasteiger partial charge in [0.15, 0.2) is 0 Å². The molecule has 0 fully saturated rings. The van der Waals surface area contributed by atoms with Crippen LogP contribution in [0.2, 0.25) is 10.0 Å². The van der Waals surface area contributed by atoms with Crippen molar-refractivity contribution in [3.8, 4) is 0 Å². The molecule has 0 radical (unpaired) electrons. The van der Waals surface area contributed by atoms with Gasteiger partial charge in [-0.1, -0.05) is 43.5 Å². The average molecular weight is 260 g/mol. The fourth-order valence-electron chi connectivity index (χ4n) is 1.50. The van der Waals surface area contributed by atoms with Crippen LogP contribution in [-0.4, -0.2) is 6.04 Å². The van der Waals surface area contributed by atoms with Gasteiger partial charge in [-0.2, -0.15) is 0 Å².